The summed E-state index contributed by atoms with van der Waals surface area (Å²) in [6.07, 6.45) is 24.6. The number of carbonyl (C=O) groups is 4. The summed E-state index contributed by atoms with van der Waals surface area (Å²) in [6.45, 7) is 6.70. The summed E-state index contributed by atoms with van der Waals surface area (Å²) in [5.41, 5.74) is 10.9. The molecule has 2 aliphatic carbocycles. The molecule has 2 amide bonds. The fourth-order valence-corrected chi connectivity index (χ4v) is 17.0. The van der Waals surface area contributed by atoms with E-state index >= 15 is 0 Å². The number of benzene rings is 9. The quantitative estimate of drug-likeness (QED) is 0.00631. The van der Waals surface area contributed by atoms with Crippen molar-refractivity contribution in [2.75, 3.05) is 111 Å². The first-order valence-electron chi connectivity index (χ1n) is 48.0. The molecule has 2 atom stereocenters. The normalized spacial score (nSPS) is 13.8. The highest BCUT2D eigenvalue weighted by atomic mass is 35.5. The first-order valence-corrected chi connectivity index (χ1v) is 49.5. The second-order valence-electron chi connectivity index (χ2n) is 34.8. The van der Waals surface area contributed by atoms with Gasteiger partial charge in [0.2, 0.25) is 11.8 Å². The SMILES string of the molecule is CCCCc1cc2ccccc2c(OCCN(C)C)n1.CN(C)CCC=C1c2ccccc2COc2ccccc21.COc1cc2c(c3oc(=O)c4c(c13)CCC4=O)C1C=COC1O2.COc1ccc(/C=C/C(=O)Nc2ccccc2C(=O)O)cc1OC.COc1ccc(C(=O)Nc2c(Cl)cncc2Cl)cc1OC1CCCC1.N=C(NCCCCCCNC(=N)NC(=N)Nc1ccc(Cl)cc1)NC(=N)Nc1ccc(Cl)cc1. The summed E-state index contributed by atoms with van der Waals surface area (Å²) in [6, 6.07) is 59.5. The van der Waals surface area contributed by atoms with E-state index in [0.29, 0.717) is 123 Å². The standard InChI is InChI=1S/C22H30Cl2N10.C19H21NO.C18H18Cl2N2O3.C18H17NO5.C17H24N2O.C17H12O6/c23-15-5-9-17(10-6-15)31-21(27)33-19(25)29-13-3-1-2-4-14-30-20(26)34-22(28)32-18-11-7-16(24)8-12-18;1-20(2)13-7-11-17-16-9-4-3-8-15(16)14-21-19-12-6-5-10-18(17)19;1-24-15-7-6-11(8-16(15)25-12-4-2-3-5-12)18(23)22-17-13(19)9-21-10-14(17)20;1-23-15-9-7-12(11-16(15)24-2)8-10-17(20)19-14-6-4-3-5-13(14)18(21)22;1-4-5-9-15-13-14-8-6-7-10-16(14)17(18-15)20-12-11-19(2)3;1-20-10-6-11-14(8-4-5-21-17(8)22-11)15-13(10)7-2-3-9(18)12(7)16(19)23-15/h5-12H,1-4,13-14H2,(H5,25,27,29,31,33)(H5,26,28,30,32,34);3-6,8-12H,7,13-14H2,1-2H3;6-10,12H,2-5H2,1H3,(H,21,22,23);3-11H,1-2H3,(H,19,20)(H,21,22);6-8,10,13H,4-5,9,11-12H2,1-3H3;4-6,8,17H,2-3H2,1H3/b;;;10-8+;;. The molecule has 17 rings (SSSR count). The number of methoxy groups -OCH3 is 4. The number of ether oxygens (including phenoxy) is 9. The van der Waals surface area contributed by atoms with Crippen molar-refractivity contribution in [3.8, 4) is 46.1 Å². The molecule has 2 unspecified atom stereocenters. The predicted molar refractivity (Wildman–Crippen MR) is 581 cm³/mol. The Hall–Kier alpha value is -15.2. The molecule has 12 aromatic rings. The number of hydrogen-bond acceptors (Lipinski definition) is 23. The summed E-state index contributed by atoms with van der Waals surface area (Å²) in [5, 5.41) is 67.4. The fraction of sp³-hybridized carbons (Fsp3) is 0.288. The number of nitrogens with one attached hydrogen (secondary N) is 12. The molecule has 36 heteroatoms. The number of anilines is 4. The first kappa shape index (κ1) is 111. The van der Waals surface area contributed by atoms with Gasteiger partial charge in [-0.05, 0) is 247 Å². The van der Waals surface area contributed by atoms with Crippen LogP contribution in [0.1, 0.15) is 160 Å². The van der Waals surface area contributed by atoms with E-state index in [0.717, 1.165) is 111 Å². The van der Waals surface area contributed by atoms with Crippen LogP contribution in [0.15, 0.2) is 240 Å². The van der Waals surface area contributed by atoms with Gasteiger partial charge in [-0.15, -0.1) is 0 Å². The van der Waals surface area contributed by atoms with Gasteiger partial charge in [0, 0.05) is 101 Å². The molecule has 13 N–H and O–H groups in total. The van der Waals surface area contributed by atoms with Crippen molar-refractivity contribution >= 4 is 150 Å². The van der Waals surface area contributed by atoms with Crippen LogP contribution in [0, 0.1) is 21.6 Å². The molecule has 147 heavy (non-hydrogen) atoms. The lowest BCUT2D eigenvalue weighted by Gasteiger charge is -2.17. The van der Waals surface area contributed by atoms with Gasteiger partial charge in [-0.25, -0.2) is 14.6 Å². The number of carbonyl (C=O) groups excluding carboxylic acids is 3. The van der Waals surface area contributed by atoms with Crippen LogP contribution in [0.5, 0.6) is 46.1 Å². The molecule has 0 saturated heterocycles. The average molecular weight is 2080 g/mol. The number of guanidine groups is 4. The maximum atomic E-state index is 12.6. The Morgan fingerprint density at radius 3 is 1.86 bits per heavy atom. The number of nitrogens with zero attached hydrogens (tertiary/aromatic N) is 4. The largest absolute Gasteiger partial charge is 0.496 e. The molecular weight excluding hydrogens is 1960 g/mol. The van der Waals surface area contributed by atoms with Crippen LogP contribution in [0.2, 0.25) is 20.1 Å². The van der Waals surface area contributed by atoms with Crippen molar-refractivity contribution in [1.82, 2.24) is 41.0 Å². The highest BCUT2D eigenvalue weighted by molar-refractivity contribution is 6.40. The van der Waals surface area contributed by atoms with Gasteiger partial charge < -0.3 is 93.9 Å². The minimum absolute atomic E-state index is 0.00148. The Kier molecular flexibility index (Phi) is 42.0. The molecule has 5 aliphatic rings. The summed E-state index contributed by atoms with van der Waals surface area (Å²) >= 11 is 23.8. The second-order valence-corrected chi connectivity index (χ2v) is 36.5. The molecule has 1 fully saturated rings. The molecule has 6 heterocycles. The highest BCUT2D eigenvalue weighted by Crippen LogP contribution is 2.51. The Balaban J connectivity index is 0.000000158. The third kappa shape index (κ3) is 32.2. The summed E-state index contributed by atoms with van der Waals surface area (Å²) in [5.74, 6) is 3.12. The van der Waals surface area contributed by atoms with Crippen LogP contribution in [0.25, 0.3) is 33.4 Å². The lowest BCUT2D eigenvalue weighted by atomic mass is 9.93. The van der Waals surface area contributed by atoms with Crippen LogP contribution >= 0.6 is 46.4 Å². The van der Waals surface area contributed by atoms with Gasteiger partial charge in [0.15, 0.2) is 52.6 Å². The number of ketones is 1. The second kappa shape index (κ2) is 55.8. The number of carboxylic acid groups (broad SMARTS) is 1. The Bertz CT molecular complexity index is 6630. The first-order chi connectivity index (χ1) is 71.1. The molecule has 32 nitrogen and oxygen atoms in total. The number of fused-ring (bicyclic) bond motifs is 10. The lowest BCUT2D eigenvalue weighted by molar-refractivity contribution is -0.111. The van der Waals surface area contributed by atoms with Gasteiger partial charge in [0.05, 0.1) is 84.7 Å². The number of unbranched alkanes of at least 4 members (excludes halogenated alkanes) is 4. The maximum Gasteiger partial charge on any atom is 0.347 e. The van der Waals surface area contributed by atoms with Gasteiger partial charge >= 0.3 is 11.6 Å². The van der Waals surface area contributed by atoms with Gasteiger partial charge in [-0.1, -0.05) is 158 Å². The monoisotopic (exact) mass is 2070 g/mol. The minimum atomic E-state index is -1.10. The molecule has 3 aromatic heterocycles. The van der Waals surface area contributed by atoms with Crippen molar-refractivity contribution in [3.63, 3.8) is 0 Å². The molecule has 0 radical (unpaired) electrons. The van der Waals surface area contributed by atoms with Gasteiger partial charge in [0.25, 0.3) is 12.2 Å². The van der Waals surface area contributed by atoms with Crippen LogP contribution in [0.4, 0.5) is 22.7 Å². The van der Waals surface area contributed by atoms with Crippen molar-refractivity contribution < 1.29 is 71.3 Å². The summed E-state index contributed by atoms with van der Waals surface area (Å²) in [4.78, 5) is 72.9. The Labute approximate surface area is 874 Å². The number of pyridine rings is 2. The molecule has 9 aromatic carbocycles. The van der Waals surface area contributed by atoms with Crippen LogP contribution in [0.3, 0.4) is 0 Å². The average Bonchev–Trinajstić information content (AvgIpc) is 1.57. The number of likely N-dealkylation sites (N-methyl/N-ethyl adjacent to an activating group) is 1. The Morgan fingerprint density at radius 1 is 0.605 bits per heavy atom. The summed E-state index contributed by atoms with van der Waals surface area (Å²) in [7, 11) is 14.5. The van der Waals surface area contributed by atoms with E-state index in [9.17, 15) is 24.0 Å². The van der Waals surface area contributed by atoms with E-state index in [1.54, 1.807) is 137 Å². The van der Waals surface area contributed by atoms with Gasteiger partial charge in [0.1, 0.15) is 41.6 Å². The molecule has 3 aliphatic heterocycles. The number of halogens is 4. The number of rotatable bonds is 31. The number of aromatic nitrogens is 2. The smallest absolute Gasteiger partial charge is 0.347 e. The van der Waals surface area contributed by atoms with Crippen LogP contribution < -0.4 is 86.1 Å². The van der Waals surface area contributed by atoms with Gasteiger partial charge in [-0.3, -0.25) is 51.6 Å². The summed E-state index contributed by atoms with van der Waals surface area (Å²) < 4.78 is 55.8. The number of Topliss-reactive ketones (excluding diaryl/α,β-unsaturated/α-hetero) is 1. The molecule has 770 valence electrons. The lowest BCUT2D eigenvalue weighted by Crippen LogP contribution is -2.43. The number of aromatic carboxylic acids is 1. The number of hydrogen-bond donors (Lipinski definition) is 13. The van der Waals surface area contributed by atoms with Crippen LogP contribution in [-0.4, -0.2) is 174 Å². The highest BCUT2D eigenvalue weighted by Gasteiger charge is 2.42. The predicted octanol–water partition coefficient (Wildman–Crippen LogP) is 22.0. The molecule has 0 spiro atoms. The zero-order valence-corrected chi connectivity index (χ0v) is 86.3. The van der Waals surface area contributed by atoms with E-state index in [-0.39, 0.29) is 74.4 Å². The third-order valence-corrected chi connectivity index (χ3v) is 24.7. The van der Waals surface area contributed by atoms with Crippen molar-refractivity contribution in [3.05, 3.63) is 317 Å². The maximum absolute atomic E-state index is 12.6. The zero-order valence-electron chi connectivity index (χ0n) is 83.3. The number of aryl methyl sites for hydroxylation is 2. The third-order valence-electron chi connectivity index (χ3n) is 23.6. The number of amides is 2. The Morgan fingerprint density at radius 2 is 1.22 bits per heavy atom. The van der Waals surface area contributed by atoms with E-state index < -0.39 is 23.8 Å². The number of para-hydroxylation sites is 2. The molecule has 1 saturated carbocycles. The molecule has 0 bridgehead atoms. The van der Waals surface area contributed by atoms with E-state index in [2.05, 4.69) is 151 Å². The van der Waals surface area contributed by atoms with Gasteiger partial charge in [-0.2, -0.15) is 0 Å². The van der Waals surface area contributed by atoms with Crippen LogP contribution in [-0.2, 0) is 29.0 Å². The van der Waals surface area contributed by atoms with E-state index in [1.165, 1.54) is 78.2 Å². The van der Waals surface area contributed by atoms with Crippen molar-refractivity contribution in [2.24, 2.45) is 0 Å². The topological polar surface area (TPSA) is 426 Å². The van der Waals surface area contributed by atoms with Crippen molar-refractivity contribution in [2.45, 2.75) is 122 Å². The zero-order chi connectivity index (χ0) is 105. The van der Waals surface area contributed by atoms with E-state index in [1.807, 2.05) is 32.3 Å². The fourth-order valence-electron chi connectivity index (χ4n) is 16.3. The van der Waals surface area contributed by atoms with E-state index in [4.69, 9.17) is 125 Å². The molecular formula is C111H122Cl4N16O16. The minimum Gasteiger partial charge on any atom is -0.496 e. The number of carboxylic acids is 1. The van der Waals surface area contributed by atoms with Crippen molar-refractivity contribution in [1.29, 1.82) is 21.6 Å².